The van der Waals surface area contributed by atoms with Crippen LogP contribution in [0.3, 0.4) is 0 Å². The molecule has 0 spiro atoms. The Morgan fingerprint density at radius 1 is 1.24 bits per heavy atom. The Bertz CT molecular complexity index is 848. The minimum absolute atomic E-state index is 0.0572. The largest absolute Gasteiger partial charge is 0.480 e. The van der Waals surface area contributed by atoms with Gasteiger partial charge < -0.3 is 10.4 Å². The van der Waals surface area contributed by atoms with Gasteiger partial charge in [0.05, 0.1) is 0 Å². The van der Waals surface area contributed by atoms with Gasteiger partial charge in [0.15, 0.2) is 0 Å². The Kier molecular flexibility index (Phi) is 5.63. The fourth-order valence-electron chi connectivity index (χ4n) is 2.25. The first-order valence-electron chi connectivity index (χ1n) is 7.68. The van der Waals surface area contributed by atoms with Crippen molar-refractivity contribution in [1.29, 1.82) is 0 Å². The average molecular weight is 347 g/mol. The Morgan fingerprint density at radius 3 is 2.52 bits per heavy atom. The maximum absolute atomic E-state index is 13.9. The SMILES string of the molecule is CC(C)C[C@@H](NC(=O)c1ccc(=O)n(-c2ccccc2F)n1)C(=O)O. The molecule has 7 nitrogen and oxygen atoms in total. The number of amides is 1. The van der Waals surface area contributed by atoms with Crippen molar-refractivity contribution < 1.29 is 19.1 Å². The smallest absolute Gasteiger partial charge is 0.326 e. The second-order valence-electron chi connectivity index (χ2n) is 5.91. The van der Waals surface area contributed by atoms with E-state index in [0.29, 0.717) is 0 Å². The molecule has 0 saturated carbocycles. The van der Waals surface area contributed by atoms with Crippen molar-refractivity contribution in [1.82, 2.24) is 15.1 Å². The zero-order chi connectivity index (χ0) is 18.6. The number of carboxylic acid groups (broad SMARTS) is 1. The van der Waals surface area contributed by atoms with Gasteiger partial charge in [-0.2, -0.15) is 9.78 Å². The van der Waals surface area contributed by atoms with Crippen LogP contribution in [0.2, 0.25) is 0 Å². The van der Waals surface area contributed by atoms with Crippen molar-refractivity contribution in [3.05, 3.63) is 58.3 Å². The summed E-state index contributed by atoms with van der Waals surface area (Å²) in [5.41, 5.74) is -0.893. The molecule has 1 atom stereocenters. The Labute approximate surface area is 143 Å². The van der Waals surface area contributed by atoms with Crippen LogP contribution < -0.4 is 10.9 Å². The van der Waals surface area contributed by atoms with Crippen molar-refractivity contribution in [2.24, 2.45) is 5.92 Å². The number of nitrogens with one attached hydrogen (secondary N) is 1. The van der Waals surface area contributed by atoms with Gasteiger partial charge in [-0.05, 0) is 30.5 Å². The van der Waals surface area contributed by atoms with E-state index >= 15 is 0 Å². The number of para-hydroxylation sites is 1. The molecular formula is C17H18FN3O4. The van der Waals surface area contributed by atoms with Crippen LogP contribution >= 0.6 is 0 Å². The predicted octanol–water partition coefficient (Wildman–Crippen LogP) is 1.60. The molecule has 8 heteroatoms. The van der Waals surface area contributed by atoms with Crippen molar-refractivity contribution in [2.45, 2.75) is 26.3 Å². The summed E-state index contributed by atoms with van der Waals surface area (Å²) in [5.74, 6) is -2.53. The molecule has 0 aliphatic rings. The fourth-order valence-corrected chi connectivity index (χ4v) is 2.25. The first kappa shape index (κ1) is 18.3. The number of benzene rings is 1. The Morgan fingerprint density at radius 2 is 1.92 bits per heavy atom. The van der Waals surface area contributed by atoms with E-state index in [1.54, 1.807) is 0 Å². The Balaban J connectivity index is 2.33. The molecule has 0 radical (unpaired) electrons. The summed E-state index contributed by atoms with van der Waals surface area (Å²) in [6.07, 6.45) is 0.244. The molecule has 2 aromatic rings. The van der Waals surface area contributed by atoms with Gasteiger partial charge in [-0.1, -0.05) is 26.0 Å². The molecule has 0 saturated heterocycles. The van der Waals surface area contributed by atoms with Crippen LogP contribution in [0.1, 0.15) is 30.8 Å². The van der Waals surface area contributed by atoms with E-state index in [1.165, 1.54) is 30.3 Å². The van der Waals surface area contributed by atoms with E-state index in [9.17, 15) is 23.9 Å². The van der Waals surface area contributed by atoms with Gasteiger partial charge in [0, 0.05) is 6.07 Å². The van der Waals surface area contributed by atoms with E-state index in [0.717, 1.165) is 10.7 Å². The van der Waals surface area contributed by atoms with Crippen LogP contribution in [0, 0.1) is 11.7 Å². The Hall–Kier alpha value is -3.03. The molecule has 25 heavy (non-hydrogen) atoms. The summed E-state index contributed by atoms with van der Waals surface area (Å²) in [5, 5.41) is 15.4. The van der Waals surface area contributed by atoms with E-state index in [4.69, 9.17) is 0 Å². The second kappa shape index (κ2) is 7.69. The average Bonchev–Trinajstić information content (AvgIpc) is 2.55. The topological polar surface area (TPSA) is 101 Å². The highest BCUT2D eigenvalue weighted by Gasteiger charge is 2.23. The molecule has 132 valence electrons. The van der Waals surface area contributed by atoms with Gasteiger partial charge >= 0.3 is 5.97 Å². The van der Waals surface area contributed by atoms with Gasteiger partial charge in [-0.15, -0.1) is 0 Å². The number of carbonyl (C=O) groups is 2. The highest BCUT2D eigenvalue weighted by Crippen LogP contribution is 2.10. The summed E-state index contributed by atoms with van der Waals surface area (Å²) in [4.78, 5) is 35.5. The number of nitrogens with zero attached hydrogens (tertiary/aromatic N) is 2. The third-order valence-corrected chi connectivity index (χ3v) is 3.42. The first-order chi connectivity index (χ1) is 11.8. The zero-order valence-corrected chi connectivity index (χ0v) is 13.8. The number of carbonyl (C=O) groups excluding carboxylic acids is 1. The number of aromatic nitrogens is 2. The van der Waals surface area contributed by atoms with Gasteiger partial charge in [-0.3, -0.25) is 9.59 Å². The van der Waals surface area contributed by atoms with Gasteiger partial charge in [-0.25, -0.2) is 9.18 Å². The lowest BCUT2D eigenvalue weighted by atomic mass is 10.0. The van der Waals surface area contributed by atoms with Gasteiger partial charge in [0.25, 0.3) is 11.5 Å². The number of hydrogen-bond acceptors (Lipinski definition) is 4. The minimum atomic E-state index is -1.16. The van der Waals surface area contributed by atoms with Crippen LogP contribution in [-0.2, 0) is 4.79 Å². The summed E-state index contributed by atoms with van der Waals surface area (Å²) < 4.78 is 14.6. The highest BCUT2D eigenvalue weighted by molar-refractivity contribution is 5.94. The maximum atomic E-state index is 13.9. The molecule has 1 amide bonds. The van der Waals surface area contributed by atoms with E-state index in [2.05, 4.69) is 10.4 Å². The maximum Gasteiger partial charge on any atom is 0.326 e. The molecule has 0 bridgehead atoms. The van der Waals surface area contributed by atoms with Crippen LogP contribution in [-0.4, -0.2) is 32.8 Å². The molecule has 0 fully saturated rings. The molecular weight excluding hydrogens is 329 g/mol. The fraction of sp³-hybridized carbons (Fsp3) is 0.294. The second-order valence-corrected chi connectivity index (χ2v) is 5.91. The standard InChI is InChI=1S/C17H18FN3O4/c1-10(2)9-13(17(24)25)19-16(23)12-7-8-15(22)21(20-12)14-6-4-3-5-11(14)18/h3-8,10,13H,9H2,1-2H3,(H,19,23)(H,24,25)/t13-/m1/s1. The molecule has 1 heterocycles. The number of rotatable bonds is 6. The normalized spacial score (nSPS) is 12.0. The zero-order valence-electron chi connectivity index (χ0n) is 13.8. The van der Waals surface area contributed by atoms with Crippen LogP contribution in [0.25, 0.3) is 5.69 Å². The highest BCUT2D eigenvalue weighted by atomic mass is 19.1. The van der Waals surface area contributed by atoms with E-state index < -0.39 is 29.3 Å². The molecule has 2 rings (SSSR count). The quantitative estimate of drug-likeness (QED) is 0.826. The molecule has 0 aliphatic heterocycles. The van der Waals surface area contributed by atoms with Gasteiger partial charge in [0.2, 0.25) is 0 Å². The van der Waals surface area contributed by atoms with Gasteiger partial charge in [0.1, 0.15) is 23.2 Å². The van der Waals surface area contributed by atoms with E-state index in [-0.39, 0.29) is 23.7 Å². The van der Waals surface area contributed by atoms with Crippen LogP contribution in [0.15, 0.2) is 41.2 Å². The van der Waals surface area contributed by atoms with Crippen LogP contribution in [0.5, 0.6) is 0 Å². The molecule has 0 aliphatic carbocycles. The molecule has 0 unspecified atom stereocenters. The summed E-state index contributed by atoms with van der Waals surface area (Å²) in [6.45, 7) is 3.66. The summed E-state index contributed by atoms with van der Waals surface area (Å²) in [7, 11) is 0. The lowest BCUT2D eigenvalue weighted by molar-refractivity contribution is -0.139. The number of carboxylic acids is 1. The van der Waals surface area contributed by atoms with Crippen molar-refractivity contribution in [2.75, 3.05) is 0 Å². The van der Waals surface area contributed by atoms with Crippen molar-refractivity contribution in [3.8, 4) is 5.69 Å². The summed E-state index contributed by atoms with van der Waals surface area (Å²) in [6, 6.07) is 6.68. The third kappa shape index (κ3) is 4.50. The van der Waals surface area contributed by atoms with Crippen molar-refractivity contribution >= 4 is 11.9 Å². The molecule has 1 aromatic carbocycles. The lowest BCUT2D eigenvalue weighted by Gasteiger charge is -2.16. The molecule has 1 aromatic heterocycles. The number of hydrogen-bond donors (Lipinski definition) is 2. The van der Waals surface area contributed by atoms with Crippen molar-refractivity contribution in [3.63, 3.8) is 0 Å². The third-order valence-electron chi connectivity index (χ3n) is 3.42. The molecule has 2 N–H and O–H groups in total. The summed E-state index contributed by atoms with van der Waals surface area (Å²) >= 11 is 0. The number of aliphatic carboxylic acids is 1. The minimum Gasteiger partial charge on any atom is -0.480 e. The predicted molar refractivity (Wildman–Crippen MR) is 88.1 cm³/mol. The van der Waals surface area contributed by atoms with Crippen LogP contribution in [0.4, 0.5) is 4.39 Å². The lowest BCUT2D eigenvalue weighted by Crippen LogP contribution is -2.42. The van der Waals surface area contributed by atoms with E-state index in [1.807, 2.05) is 13.8 Å². The monoisotopic (exact) mass is 347 g/mol. The first-order valence-corrected chi connectivity index (χ1v) is 7.68. The number of halogens is 1.